The second kappa shape index (κ2) is 30.0. The molecule has 0 bridgehead atoms. The van der Waals surface area contributed by atoms with E-state index < -0.39 is 17.9 Å². The molecule has 0 N–H and O–H groups in total. The summed E-state index contributed by atoms with van der Waals surface area (Å²) in [5, 5.41) is 7.88. The predicted octanol–water partition coefficient (Wildman–Crippen LogP) is 13.0. The minimum atomic E-state index is -0.615. The zero-order valence-corrected chi connectivity index (χ0v) is 46.1. The average molecular weight is 1090 g/mol. The second-order valence-electron chi connectivity index (χ2n) is 19.7. The third-order valence-corrected chi connectivity index (χ3v) is 14.8. The Bertz CT molecular complexity index is 2940. The highest BCUT2D eigenvalue weighted by molar-refractivity contribution is 7.22. The van der Waals surface area contributed by atoms with Crippen molar-refractivity contribution in [3.63, 3.8) is 0 Å². The lowest BCUT2D eigenvalue weighted by Crippen LogP contribution is -2.45. The maximum Gasteiger partial charge on any atom is 0.343 e. The van der Waals surface area contributed by atoms with E-state index in [1.807, 2.05) is 47.5 Å². The zero-order valence-electron chi connectivity index (χ0n) is 45.3. The number of hydrogen-bond donors (Lipinski definition) is 0. The Morgan fingerprint density at radius 2 is 1.48 bits per heavy atom. The lowest BCUT2D eigenvalue weighted by Gasteiger charge is -2.40. The van der Waals surface area contributed by atoms with Gasteiger partial charge in [-0.1, -0.05) is 80.9 Å². The van der Waals surface area contributed by atoms with E-state index in [4.69, 9.17) is 52.7 Å². The van der Waals surface area contributed by atoms with Gasteiger partial charge in [0.05, 0.1) is 68.7 Å². The molecule has 0 atom stereocenters. The molecule has 2 fully saturated rings. The van der Waals surface area contributed by atoms with Gasteiger partial charge in [0.25, 0.3) is 0 Å². The van der Waals surface area contributed by atoms with Crippen molar-refractivity contribution in [2.24, 2.45) is 16.4 Å². The molecule has 2 heterocycles. The number of aromatic nitrogens is 1. The maximum absolute atomic E-state index is 13.4. The first-order valence-corrected chi connectivity index (χ1v) is 28.1. The van der Waals surface area contributed by atoms with Crippen LogP contribution >= 0.6 is 11.3 Å². The number of anilines is 1. The summed E-state index contributed by atoms with van der Waals surface area (Å²) in [5.74, 6) is 1.47. The van der Waals surface area contributed by atoms with Crippen LogP contribution in [0.15, 0.2) is 133 Å². The summed E-state index contributed by atoms with van der Waals surface area (Å²) < 4.78 is 52.7. The van der Waals surface area contributed by atoms with Crippen molar-refractivity contribution in [1.29, 1.82) is 0 Å². The molecular weight excluding hydrogens is 1020 g/mol. The Kier molecular flexibility index (Phi) is 21.9. The third-order valence-electron chi connectivity index (χ3n) is 13.8. The van der Waals surface area contributed by atoms with Crippen molar-refractivity contribution in [3.8, 4) is 34.5 Å². The van der Waals surface area contributed by atoms with Crippen molar-refractivity contribution < 1.29 is 57.0 Å². The number of methoxy groups -OCH3 is 1. The number of carbonyl (C=O) groups excluding carboxylic acids is 3. The van der Waals surface area contributed by atoms with Gasteiger partial charge in [-0.3, -0.25) is 0 Å². The number of esters is 3. The van der Waals surface area contributed by atoms with Crippen LogP contribution in [0.3, 0.4) is 0 Å². The first kappa shape index (κ1) is 57.6. The first-order valence-electron chi connectivity index (χ1n) is 27.3. The number of benzene rings is 5. The van der Waals surface area contributed by atoms with Gasteiger partial charge in [-0.25, -0.2) is 24.4 Å². The summed E-state index contributed by atoms with van der Waals surface area (Å²) in [4.78, 5) is 42.7. The highest BCUT2D eigenvalue weighted by Gasteiger charge is 2.37. The number of rotatable bonds is 31. The van der Waals surface area contributed by atoms with Gasteiger partial charge in [-0.05, 0) is 141 Å². The van der Waals surface area contributed by atoms with Crippen LogP contribution in [-0.2, 0) is 30.4 Å². The van der Waals surface area contributed by atoms with E-state index in [-0.39, 0.29) is 30.1 Å². The molecule has 79 heavy (non-hydrogen) atoms. The van der Waals surface area contributed by atoms with Crippen LogP contribution in [0.2, 0.25) is 0 Å². The number of carbonyl (C=O) groups is 3. The van der Waals surface area contributed by atoms with Crippen molar-refractivity contribution in [1.82, 2.24) is 4.98 Å². The van der Waals surface area contributed by atoms with E-state index >= 15 is 0 Å². The minimum Gasteiger partial charge on any atom is -0.494 e. The number of hydrazone groups is 1. The monoisotopic (exact) mass is 1090 g/mol. The number of thiazole rings is 1. The lowest BCUT2D eigenvalue weighted by molar-refractivity contribution is -0.150. The second-order valence-corrected chi connectivity index (χ2v) is 20.8. The van der Waals surface area contributed by atoms with Gasteiger partial charge in [0.1, 0.15) is 29.6 Å². The van der Waals surface area contributed by atoms with Gasteiger partial charge < -0.3 is 42.6 Å². The van der Waals surface area contributed by atoms with Gasteiger partial charge in [0.2, 0.25) is 5.13 Å². The Hall–Kier alpha value is -7.53. The predicted molar refractivity (Wildman–Crippen MR) is 307 cm³/mol. The Morgan fingerprint density at radius 3 is 2.20 bits per heavy atom. The topological polar surface area (TPSA) is 163 Å². The molecule has 15 nitrogen and oxygen atoms in total. The SMILES string of the molecule is C=CC(=O)OCCCOc1ccc(C(=O)Oc2ccc(/C=C/C(=O)Oc3ccc(OCc4ccc(OCCCCCCOCC5(CC)COC5)cc4)c(/C=N/N(CC4CCCCC4)c4nc5ccccc5s4)c3)cc2OC)cc1. The van der Waals surface area contributed by atoms with Gasteiger partial charge in [-0.2, -0.15) is 5.10 Å². The molecular formula is C63H71N3O12S. The van der Waals surface area contributed by atoms with Gasteiger partial charge in [0, 0.05) is 42.7 Å². The van der Waals surface area contributed by atoms with Crippen molar-refractivity contribution in [2.75, 3.05) is 64.9 Å². The summed E-state index contributed by atoms with van der Waals surface area (Å²) in [7, 11) is 1.46. The van der Waals surface area contributed by atoms with Crippen LogP contribution in [0, 0.1) is 11.3 Å². The number of fused-ring (bicyclic) bond motifs is 1. The van der Waals surface area contributed by atoms with E-state index in [2.05, 4.69) is 19.6 Å². The Labute approximate surface area is 467 Å². The van der Waals surface area contributed by atoms with E-state index in [0.29, 0.717) is 59.5 Å². The quantitative estimate of drug-likeness (QED) is 0.0101. The standard InChI is InChI=1S/C63H71N3O12S/c1-4-59(67)75-37-15-36-74-52-28-24-49(25-29-52)61(69)78-56-31-22-46(38-57(56)70-3)23-33-60(68)77-53-30-32-55(50(39-53)40-64-66(41-47-16-9-8-10-17-47)62-65-54-18-11-12-19-58(54)79-62)76-42-48-20-26-51(27-21-48)73-35-14-7-6-13-34-71-43-63(5-2)44-72-45-63/h4,11-12,18-33,38-40,47H,1,5-10,13-17,34-37,41-45H2,2-3H3/b33-23+,64-40+. The van der Waals surface area contributed by atoms with E-state index in [1.54, 1.807) is 84.3 Å². The molecule has 1 aromatic heterocycles. The lowest BCUT2D eigenvalue weighted by atomic mass is 9.84. The molecule has 16 heteroatoms. The fourth-order valence-corrected chi connectivity index (χ4v) is 9.92. The Morgan fingerprint density at radius 1 is 0.759 bits per heavy atom. The molecule has 0 unspecified atom stereocenters. The highest BCUT2D eigenvalue weighted by atomic mass is 32.1. The normalized spacial score (nSPS) is 14.2. The van der Waals surface area contributed by atoms with Gasteiger partial charge >= 0.3 is 17.9 Å². The fourth-order valence-electron chi connectivity index (χ4n) is 8.99. The summed E-state index contributed by atoms with van der Waals surface area (Å²) >= 11 is 1.61. The minimum absolute atomic E-state index is 0.194. The molecule has 1 saturated carbocycles. The first-order chi connectivity index (χ1) is 38.7. The number of hydrogen-bond acceptors (Lipinski definition) is 16. The summed E-state index contributed by atoms with van der Waals surface area (Å²) in [6.07, 6.45) is 17.5. The molecule has 6 aromatic rings. The van der Waals surface area contributed by atoms with Crippen LogP contribution < -0.4 is 33.4 Å². The molecule has 1 saturated heterocycles. The van der Waals surface area contributed by atoms with E-state index in [1.165, 1.54) is 32.4 Å². The van der Waals surface area contributed by atoms with Crippen molar-refractivity contribution in [3.05, 3.63) is 150 Å². The van der Waals surface area contributed by atoms with Crippen molar-refractivity contribution >= 4 is 56.9 Å². The van der Waals surface area contributed by atoms with Crippen LogP contribution in [-0.4, -0.2) is 89.0 Å². The molecule has 1 aliphatic carbocycles. The van der Waals surface area contributed by atoms with Gasteiger partial charge in [-0.15, -0.1) is 0 Å². The van der Waals surface area contributed by atoms with Crippen LogP contribution in [0.5, 0.6) is 34.5 Å². The fraction of sp³-hybridized carbons (Fsp3) is 0.381. The zero-order chi connectivity index (χ0) is 55.1. The molecule has 2 aliphatic rings. The molecule has 0 amide bonds. The molecule has 416 valence electrons. The third kappa shape index (κ3) is 17.7. The number of ether oxygens (including phenoxy) is 9. The molecule has 5 aromatic carbocycles. The summed E-state index contributed by atoms with van der Waals surface area (Å²) in [6.45, 7) is 11.0. The van der Waals surface area contributed by atoms with Crippen LogP contribution in [0.25, 0.3) is 16.3 Å². The molecule has 1 aliphatic heterocycles. The summed E-state index contributed by atoms with van der Waals surface area (Å²) in [5.41, 5.74) is 3.64. The molecule has 0 spiro atoms. The van der Waals surface area contributed by atoms with E-state index in [0.717, 1.165) is 111 Å². The number of unbranched alkanes of at least 4 members (excludes halogenated alkanes) is 3. The van der Waals surface area contributed by atoms with Crippen LogP contribution in [0.1, 0.15) is 105 Å². The van der Waals surface area contributed by atoms with Crippen molar-refractivity contribution in [2.45, 2.75) is 84.2 Å². The number of nitrogens with zero attached hydrogens (tertiary/aromatic N) is 3. The Balaban J connectivity index is 0.886. The maximum atomic E-state index is 13.4. The largest absolute Gasteiger partial charge is 0.494 e. The highest BCUT2D eigenvalue weighted by Crippen LogP contribution is 2.35. The summed E-state index contributed by atoms with van der Waals surface area (Å²) in [6, 6.07) is 32.7. The van der Waals surface area contributed by atoms with Crippen LogP contribution in [0.4, 0.5) is 5.13 Å². The smallest absolute Gasteiger partial charge is 0.343 e. The average Bonchev–Trinajstić information content (AvgIpc) is 4.00. The molecule has 0 radical (unpaired) electrons. The van der Waals surface area contributed by atoms with E-state index in [9.17, 15) is 14.4 Å². The van der Waals surface area contributed by atoms with Gasteiger partial charge in [0.15, 0.2) is 11.5 Å². The number of para-hydroxylation sites is 1. The molecule has 8 rings (SSSR count).